The Hall–Kier alpha value is -0.460. The molecule has 2 N–H and O–H groups in total. The summed E-state index contributed by atoms with van der Waals surface area (Å²) in [5, 5.41) is 0. The van der Waals surface area contributed by atoms with Gasteiger partial charge in [0.25, 0.3) is 0 Å². The number of nitrogens with two attached hydrogens (primary N) is 1. The fraction of sp³-hybridized carbons (Fsp3) is 0.400. The molecular weight excluding hydrogens is 297 g/mol. The van der Waals surface area contributed by atoms with Crippen LogP contribution in [-0.2, 0) is 15.6 Å². The van der Waals surface area contributed by atoms with E-state index >= 15 is 0 Å². The molecule has 0 radical (unpaired) electrons. The zero-order chi connectivity index (χ0) is 12.2. The van der Waals surface area contributed by atoms with E-state index < -0.39 is 15.7 Å². The fourth-order valence-electron chi connectivity index (χ4n) is 1.26. The highest BCUT2D eigenvalue weighted by Gasteiger charge is 2.12. The van der Waals surface area contributed by atoms with Gasteiger partial charge >= 0.3 is 0 Å². The summed E-state index contributed by atoms with van der Waals surface area (Å²) in [7, 11) is -3.15. The molecule has 1 aromatic rings. The molecule has 0 fully saturated rings. The predicted octanol–water partition coefficient (Wildman–Crippen LogP) is 1.85. The average molecular weight is 310 g/mol. The van der Waals surface area contributed by atoms with Crippen molar-refractivity contribution in [1.29, 1.82) is 0 Å². The molecule has 0 unspecified atom stereocenters. The summed E-state index contributed by atoms with van der Waals surface area (Å²) >= 11 is 3.02. The van der Waals surface area contributed by atoms with Gasteiger partial charge in [-0.1, -0.05) is 6.07 Å². The van der Waals surface area contributed by atoms with Gasteiger partial charge in [0.1, 0.15) is 5.82 Å². The topological polar surface area (TPSA) is 60.2 Å². The van der Waals surface area contributed by atoms with Crippen molar-refractivity contribution < 1.29 is 12.8 Å². The second kappa shape index (κ2) is 5.75. The lowest BCUT2D eigenvalue weighted by atomic mass is 10.2. The normalized spacial score (nSPS) is 11.7. The maximum absolute atomic E-state index is 12.9. The summed E-state index contributed by atoms with van der Waals surface area (Å²) in [5.41, 5.74) is 5.83. The molecule has 90 valence electrons. The van der Waals surface area contributed by atoms with Crippen molar-refractivity contribution in [1.82, 2.24) is 0 Å². The van der Waals surface area contributed by atoms with Crippen molar-refractivity contribution in [3.63, 3.8) is 0 Å². The van der Waals surface area contributed by atoms with Crippen LogP contribution in [0.2, 0.25) is 0 Å². The highest BCUT2D eigenvalue weighted by Crippen LogP contribution is 2.18. The molecule has 0 amide bonds. The van der Waals surface area contributed by atoms with Crippen LogP contribution in [0.4, 0.5) is 4.39 Å². The Morgan fingerprint density at radius 2 is 2.06 bits per heavy atom. The van der Waals surface area contributed by atoms with Gasteiger partial charge in [-0.25, -0.2) is 12.8 Å². The maximum Gasteiger partial charge on any atom is 0.154 e. The lowest BCUT2D eigenvalue weighted by molar-refractivity contribution is 0.592. The molecule has 0 aromatic heterocycles. The minimum Gasteiger partial charge on any atom is -0.330 e. The minimum absolute atomic E-state index is 0.0680. The van der Waals surface area contributed by atoms with Crippen molar-refractivity contribution in [2.45, 2.75) is 12.2 Å². The monoisotopic (exact) mass is 309 g/mol. The molecule has 1 aromatic carbocycles. The Morgan fingerprint density at radius 3 is 2.62 bits per heavy atom. The Bertz CT molecular complexity index is 462. The second-order valence-electron chi connectivity index (χ2n) is 3.48. The number of hydrogen-bond donors (Lipinski definition) is 1. The van der Waals surface area contributed by atoms with Gasteiger partial charge in [0, 0.05) is 0 Å². The van der Waals surface area contributed by atoms with Gasteiger partial charge in [0.2, 0.25) is 0 Å². The largest absolute Gasteiger partial charge is 0.330 e. The first-order chi connectivity index (χ1) is 7.44. The van der Waals surface area contributed by atoms with Crippen LogP contribution >= 0.6 is 15.9 Å². The van der Waals surface area contributed by atoms with Gasteiger partial charge in [-0.2, -0.15) is 0 Å². The van der Waals surface area contributed by atoms with Crippen LogP contribution in [0.25, 0.3) is 0 Å². The second-order valence-corrected chi connectivity index (χ2v) is 6.52. The van der Waals surface area contributed by atoms with Gasteiger partial charge in [-0.05, 0) is 46.6 Å². The maximum atomic E-state index is 12.9. The molecule has 0 atom stereocenters. The number of hydrogen-bond acceptors (Lipinski definition) is 3. The molecule has 1 rings (SSSR count). The molecular formula is C10H13BrFNO2S. The molecule has 0 bridgehead atoms. The van der Waals surface area contributed by atoms with E-state index in [1.54, 1.807) is 0 Å². The van der Waals surface area contributed by atoms with Crippen LogP contribution in [-0.4, -0.2) is 20.7 Å². The van der Waals surface area contributed by atoms with Gasteiger partial charge < -0.3 is 5.73 Å². The van der Waals surface area contributed by atoms with Gasteiger partial charge in [0.05, 0.1) is 16.0 Å². The molecule has 0 aliphatic carbocycles. The summed E-state index contributed by atoms with van der Waals surface area (Å²) < 4.78 is 36.4. The Kier molecular flexibility index (Phi) is 4.89. The first-order valence-corrected chi connectivity index (χ1v) is 7.40. The van der Waals surface area contributed by atoms with Crippen molar-refractivity contribution >= 4 is 25.8 Å². The third-order valence-corrected chi connectivity index (χ3v) is 4.32. The smallest absolute Gasteiger partial charge is 0.154 e. The van der Waals surface area contributed by atoms with Crippen molar-refractivity contribution in [3.8, 4) is 0 Å². The number of sulfone groups is 1. The third kappa shape index (κ3) is 4.19. The van der Waals surface area contributed by atoms with E-state index in [1.165, 1.54) is 18.2 Å². The SMILES string of the molecule is NCCCS(=O)(=O)Cc1ccc(F)c(Br)c1. The van der Waals surface area contributed by atoms with Gasteiger partial charge in [0.15, 0.2) is 9.84 Å². The minimum atomic E-state index is -3.15. The first-order valence-electron chi connectivity index (χ1n) is 4.79. The molecule has 16 heavy (non-hydrogen) atoms. The van der Waals surface area contributed by atoms with Crippen molar-refractivity contribution in [2.24, 2.45) is 5.73 Å². The first kappa shape index (κ1) is 13.6. The van der Waals surface area contributed by atoms with E-state index in [0.717, 1.165) is 0 Å². The summed E-state index contributed by atoms with van der Waals surface area (Å²) in [4.78, 5) is 0. The molecule has 3 nitrogen and oxygen atoms in total. The van der Waals surface area contributed by atoms with Crippen molar-refractivity contribution in [3.05, 3.63) is 34.1 Å². The molecule has 0 spiro atoms. The summed E-state index contributed by atoms with van der Waals surface area (Å²) in [6.07, 6.45) is 0.449. The van der Waals surface area contributed by atoms with Crippen molar-refractivity contribution in [2.75, 3.05) is 12.3 Å². The molecule has 6 heteroatoms. The molecule has 0 saturated carbocycles. The van der Waals surface area contributed by atoms with Gasteiger partial charge in [-0.3, -0.25) is 0 Å². The van der Waals surface area contributed by atoms with E-state index in [9.17, 15) is 12.8 Å². The van der Waals surface area contributed by atoms with Crippen LogP contribution < -0.4 is 5.73 Å². The predicted molar refractivity (Wildman–Crippen MR) is 65.3 cm³/mol. The van der Waals surface area contributed by atoms with Gasteiger partial charge in [-0.15, -0.1) is 0 Å². The molecule has 0 saturated heterocycles. The third-order valence-electron chi connectivity index (χ3n) is 2.03. The number of benzene rings is 1. The Labute approximate surface area is 103 Å². The van der Waals surface area contributed by atoms with E-state index in [0.29, 0.717) is 18.5 Å². The number of rotatable bonds is 5. The molecule has 0 heterocycles. The zero-order valence-corrected chi connectivity index (χ0v) is 11.0. The lowest BCUT2D eigenvalue weighted by Crippen LogP contribution is -2.13. The van der Waals surface area contributed by atoms with E-state index in [4.69, 9.17) is 5.73 Å². The Morgan fingerprint density at radius 1 is 1.38 bits per heavy atom. The highest BCUT2D eigenvalue weighted by molar-refractivity contribution is 9.10. The summed E-state index contributed by atoms with van der Waals surface area (Å²) in [6, 6.07) is 4.20. The lowest BCUT2D eigenvalue weighted by Gasteiger charge is -2.04. The van der Waals surface area contributed by atoms with E-state index in [2.05, 4.69) is 15.9 Å². The van der Waals surface area contributed by atoms with E-state index in [-0.39, 0.29) is 16.0 Å². The standard InChI is InChI=1S/C10H13BrFNO2S/c11-9-6-8(2-3-10(9)12)7-16(14,15)5-1-4-13/h2-3,6H,1,4-5,7,13H2. The summed E-state index contributed by atoms with van der Waals surface area (Å²) in [5.74, 6) is -0.409. The number of halogens is 2. The van der Waals surface area contributed by atoms with Crippen LogP contribution in [0.3, 0.4) is 0 Å². The zero-order valence-electron chi connectivity index (χ0n) is 8.62. The summed E-state index contributed by atoms with van der Waals surface area (Å²) in [6.45, 7) is 0.354. The molecule has 0 aliphatic heterocycles. The average Bonchev–Trinajstić information content (AvgIpc) is 2.20. The van der Waals surface area contributed by atoms with Crippen LogP contribution in [0.1, 0.15) is 12.0 Å². The fourth-order valence-corrected chi connectivity index (χ4v) is 3.12. The molecule has 0 aliphatic rings. The van der Waals surface area contributed by atoms with Crippen LogP contribution in [0.15, 0.2) is 22.7 Å². The van der Waals surface area contributed by atoms with E-state index in [1.807, 2.05) is 0 Å². The highest BCUT2D eigenvalue weighted by atomic mass is 79.9. The van der Waals surface area contributed by atoms with Crippen LogP contribution in [0, 0.1) is 5.82 Å². The Balaban J connectivity index is 2.76. The van der Waals surface area contributed by atoms with Crippen LogP contribution in [0.5, 0.6) is 0 Å². The quantitative estimate of drug-likeness (QED) is 0.903.